The Labute approximate surface area is 190 Å². The summed E-state index contributed by atoms with van der Waals surface area (Å²) in [6.45, 7) is 1.78. The first kappa shape index (κ1) is 20.6. The predicted molar refractivity (Wildman–Crippen MR) is 127 cm³/mol. The lowest BCUT2D eigenvalue weighted by molar-refractivity contribution is 0.0952. The second-order valence-electron chi connectivity index (χ2n) is 8.11. The number of rotatable bonds is 5. The number of hydrogen-bond acceptors (Lipinski definition) is 4. The van der Waals surface area contributed by atoms with E-state index in [4.69, 9.17) is 0 Å². The molecule has 164 valence electrons. The van der Waals surface area contributed by atoms with E-state index in [-0.39, 0.29) is 23.4 Å². The van der Waals surface area contributed by atoms with E-state index in [1.54, 1.807) is 67.6 Å². The predicted octanol–water partition coefficient (Wildman–Crippen LogP) is 3.84. The van der Waals surface area contributed by atoms with Gasteiger partial charge in [0.15, 0.2) is 0 Å². The molecule has 1 saturated carbocycles. The molecule has 5 rings (SSSR count). The van der Waals surface area contributed by atoms with Gasteiger partial charge in [-0.2, -0.15) is 0 Å². The van der Waals surface area contributed by atoms with E-state index >= 15 is 0 Å². The van der Waals surface area contributed by atoms with Crippen LogP contribution in [-0.4, -0.2) is 27.4 Å². The normalized spacial score (nSPS) is 13.0. The summed E-state index contributed by atoms with van der Waals surface area (Å²) in [5, 5.41) is 6.30. The van der Waals surface area contributed by atoms with Gasteiger partial charge in [-0.15, -0.1) is 0 Å². The molecule has 7 nitrogen and oxygen atoms in total. The topological polar surface area (TPSA) is 93.1 Å². The van der Waals surface area contributed by atoms with Crippen molar-refractivity contribution in [2.45, 2.75) is 25.8 Å². The first-order valence-electron chi connectivity index (χ1n) is 10.8. The van der Waals surface area contributed by atoms with Crippen LogP contribution in [-0.2, 0) is 0 Å². The second-order valence-corrected chi connectivity index (χ2v) is 8.11. The van der Waals surface area contributed by atoms with Gasteiger partial charge in [0.25, 0.3) is 17.4 Å². The van der Waals surface area contributed by atoms with Crippen molar-refractivity contribution in [2.75, 3.05) is 5.32 Å². The molecule has 0 saturated heterocycles. The van der Waals surface area contributed by atoms with Crippen LogP contribution in [0.25, 0.3) is 16.6 Å². The van der Waals surface area contributed by atoms with Crippen LogP contribution in [0.2, 0.25) is 0 Å². The Kier molecular flexibility index (Phi) is 5.22. The van der Waals surface area contributed by atoms with Crippen molar-refractivity contribution in [2.24, 2.45) is 0 Å². The summed E-state index contributed by atoms with van der Waals surface area (Å²) in [4.78, 5) is 42.9. The van der Waals surface area contributed by atoms with E-state index in [9.17, 15) is 14.4 Å². The van der Waals surface area contributed by atoms with Gasteiger partial charge in [0.05, 0.1) is 27.8 Å². The van der Waals surface area contributed by atoms with E-state index in [0.717, 1.165) is 12.8 Å². The fourth-order valence-corrected chi connectivity index (χ4v) is 3.79. The first-order valence-corrected chi connectivity index (χ1v) is 10.8. The van der Waals surface area contributed by atoms with Crippen LogP contribution in [0.5, 0.6) is 0 Å². The Morgan fingerprint density at radius 3 is 2.36 bits per heavy atom. The van der Waals surface area contributed by atoms with Gasteiger partial charge in [0.1, 0.15) is 5.82 Å². The smallest absolute Gasteiger partial charge is 0.265 e. The summed E-state index contributed by atoms with van der Waals surface area (Å²) in [6, 6.07) is 21.1. The molecule has 1 aromatic heterocycles. The number of hydrogen-bond donors (Lipinski definition) is 2. The van der Waals surface area contributed by atoms with Gasteiger partial charge in [-0.3, -0.25) is 19.0 Å². The molecule has 7 heteroatoms. The molecule has 1 aliphatic carbocycles. The lowest BCUT2D eigenvalue weighted by Gasteiger charge is -2.13. The maximum Gasteiger partial charge on any atom is 0.265 e. The molecule has 0 unspecified atom stereocenters. The highest BCUT2D eigenvalue weighted by atomic mass is 16.2. The van der Waals surface area contributed by atoms with Gasteiger partial charge in [0, 0.05) is 11.6 Å². The quantitative estimate of drug-likeness (QED) is 0.495. The molecule has 2 amide bonds. The maximum atomic E-state index is 13.0. The molecule has 0 atom stereocenters. The highest BCUT2D eigenvalue weighted by Gasteiger charge is 2.25. The Hall–Kier alpha value is -4.26. The SMILES string of the molecule is Cc1nc2ccccc2c(=O)n1-c1ccc(C(=O)Nc2ccccc2C(=O)NC2CC2)cc1. The molecule has 2 N–H and O–H groups in total. The van der Waals surface area contributed by atoms with E-state index in [2.05, 4.69) is 15.6 Å². The lowest BCUT2D eigenvalue weighted by atomic mass is 10.1. The fraction of sp³-hybridized carbons (Fsp3) is 0.154. The maximum absolute atomic E-state index is 13.0. The molecule has 0 bridgehead atoms. The summed E-state index contributed by atoms with van der Waals surface area (Å²) >= 11 is 0. The van der Waals surface area contributed by atoms with Gasteiger partial charge >= 0.3 is 0 Å². The summed E-state index contributed by atoms with van der Waals surface area (Å²) in [6.07, 6.45) is 1.98. The van der Waals surface area contributed by atoms with Crippen LogP contribution in [0.15, 0.2) is 77.6 Å². The summed E-state index contributed by atoms with van der Waals surface area (Å²) < 4.78 is 1.53. The van der Waals surface area contributed by atoms with Gasteiger partial charge in [-0.25, -0.2) is 4.98 Å². The number of para-hydroxylation sites is 2. The molecule has 33 heavy (non-hydrogen) atoms. The zero-order valence-electron chi connectivity index (χ0n) is 18.0. The number of nitrogens with one attached hydrogen (secondary N) is 2. The summed E-state index contributed by atoms with van der Waals surface area (Å²) in [7, 11) is 0. The highest BCUT2D eigenvalue weighted by Crippen LogP contribution is 2.22. The van der Waals surface area contributed by atoms with Crippen molar-refractivity contribution in [1.82, 2.24) is 14.9 Å². The molecular formula is C26H22N4O3. The zero-order valence-corrected chi connectivity index (χ0v) is 18.0. The number of fused-ring (bicyclic) bond motifs is 1. The van der Waals surface area contributed by atoms with Crippen molar-refractivity contribution < 1.29 is 9.59 Å². The fourth-order valence-electron chi connectivity index (χ4n) is 3.79. The minimum absolute atomic E-state index is 0.161. The zero-order chi connectivity index (χ0) is 22.9. The van der Waals surface area contributed by atoms with Crippen LogP contribution in [0, 0.1) is 6.92 Å². The van der Waals surface area contributed by atoms with Crippen LogP contribution in [0.1, 0.15) is 39.4 Å². The minimum atomic E-state index is -0.339. The molecule has 0 aliphatic heterocycles. The first-order chi connectivity index (χ1) is 16.0. The van der Waals surface area contributed by atoms with Crippen molar-refractivity contribution in [1.29, 1.82) is 0 Å². The van der Waals surface area contributed by atoms with Crippen LogP contribution in [0.4, 0.5) is 5.69 Å². The number of aryl methyl sites for hydroxylation is 1. The number of aromatic nitrogens is 2. The molecule has 3 aromatic carbocycles. The standard InChI is InChI=1S/C26H22N4O3/c1-16-27-23-9-5-3-7-21(23)26(33)30(16)19-14-10-17(11-15-19)24(31)29-22-8-4-2-6-20(22)25(32)28-18-12-13-18/h2-11,14-15,18H,12-13H2,1H3,(H,28,32)(H,29,31). The van der Waals surface area contributed by atoms with E-state index in [1.807, 2.05) is 12.1 Å². The molecule has 4 aromatic rings. The second kappa shape index (κ2) is 8.35. The van der Waals surface area contributed by atoms with Gasteiger partial charge in [-0.05, 0) is 68.3 Å². The Balaban J connectivity index is 1.40. The summed E-state index contributed by atoms with van der Waals surface area (Å²) in [5.41, 5.74) is 2.41. The van der Waals surface area contributed by atoms with Crippen molar-refractivity contribution in [3.63, 3.8) is 0 Å². The largest absolute Gasteiger partial charge is 0.349 e. The molecular weight excluding hydrogens is 416 g/mol. The van der Waals surface area contributed by atoms with Crippen molar-refractivity contribution in [3.05, 3.63) is 100 Å². The molecule has 0 radical (unpaired) electrons. The Bertz CT molecular complexity index is 1440. The number of carbonyl (C=O) groups excluding carboxylic acids is 2. The molecule has 0 spiro atoms. The van der Waals surface area contributed by atoms with Crippen molar-refractivity contribution >= 4 is 28.4 Å². The molecule has 1 heterocycles. The number of anilines is 1. The van der Waals surface area contributed by atoms with Gasteiger partial charge < -0.3 is 10.6 Å². The summed E-state index contributed by atoms with van der Waals surface area (Å²) in [5.74, 6) is 0.0304. The molecule has 1 fully saturated rings. The number of nitrogens with zero attached hydrogens (tertiary/aromatic N) is 2. The van der Waals surface area contributed by atoms with E-state index < -0.39 is 0 Å². The third kappa shape index (κ3) is 4.13. The van der Waals surface area contributed by atoms with Gasteiger partial charge in [0.2, 0.25) is 0 Å². The Morgan fingerprint density at radius 2 is 1.61 bits per heavy atom. The third-order valence-corrected chi connectivity index (χ3v) is 5.66. The third-order valence-electron chi connectivity index (χ3n) is 5.66. The number of carbonyl (C=O) groups is 2. The number of amides is 2. The highest BCUT2D eigenvalue weighted by molar-refractivity contribution is 6.09. The number of benzene rings is 3. The van der Waals surface area contributed by atoms with E-state index in [1.165, 1.54) is 4.57 Å². The van der Waals surface area contributed by atoms with Crippen molar-refractivity contribution in [3.8, 4) is 5.69 Å². The minimum Gasteiger partial charge on any atom is -0.349 e. The Morgan fingerprint density at radius 1 is 0.909 bits per heavy atom. The molecule has 1 aliphatic rings. The van der Waals surface area contributed by atoms with Crippen LogP contribution >= 0.6 is 0 Å². The average molecular weight is 438 g/mol. The average Bonchev–Trinajstić information content (AvgIpc) is 3.64. The van der Waals surface area contributed by atoms with Crippen LogP contribution < -0.4 is 16.2 Å². The lowest BCUT2D eigenvalue weighted by Crippen LogP contribution is -2.27. The van der Waals surface area contributed by atoms with Crippen LogP contribution in [0.3, 0.4) is 0 Å². The van der Waals surface area contributed by atoms with Gasteiger partial charge in [-0.1, -0.05) is 24.3 Å². The van der Waals surface area contributed by atoms with E-state index in [0.29, 0.717) is 39.2 Å². The monoisotopic (exact) mass is 438 g/mol.